The third kappa shape index (κ3) is 2.88. The monoisotopic (exact) mass is 263 g/mol. The standard InChI is InChI=1S/C14H11F2NO2/c15-11-6-3-7-12(13(11)16)17-8-9-4-1-2-5-10(9)14(18)19/h1-7,17H,8H2,(H,18,19). The van der Waals surface area contributed by atoms with Crippen molar-refractivity contribution in [2.45, 2.75) is 6.54 Å². The van der Waals surface area contributed by atoms with Gasteiger partial charge in [0.15, 0.2) is 11.6 Å². The summed E-state index contributed by atoms with van der Waals surface area (Å²) in [6, 6.07) is 10.2. The Kier molecular flexibility index (Phi) is 3.75. The molecule has 19 heavy (non-hydrogen) atoms. The molecule has 2 aromatic rings. The molecule has 2 rings (SSSR count). The lowest BCUT2D eigenvalue weighted by atomic mass is 10.1. The number of anilines is 1. The van der Waals surface area contributed by atoms with Crippen LogP contribution in [0.15, 0.2) is 42.5 Å². The minimum Gasteiger partial charge on any atom is -0.478 e. The van der Waals surface area contributed by atoms with Gasteiger partial charge in [-0.3, -0.25) is 0 Å². The molecule has 0 aromatic heterocycles. The van der Waals surface area contributed by atoms with E-state index in [0.717, 1.165) is 6.07 Å². The Labute approximate surface area is 108 Å². The minimum atomic E-state index is -1.06. The molecule has 0 aliphatic heterocycles. The first kappa shape index (κ1) is 13.0. The van der Waals surface area contributed by atoms with Gasteiger partial charge in [0.2, 0.25) is 0 Å². The van der Waals surface area contributed by atoms with Gasteiger partial charge in [0.05, 0.1) is 11.3 Å². The van der Waals surface area contributed by atoms with Crippen molar-refractivity contribution in [2.24, 2.45) is 0 Å². The van der Waals surface area contributed by atoms with Gasteiger partial charge in [0.25, 0.3) is 0 Å². The van der Waals surface area contributed by atoms with Crippen LogP contribution in [0.2, 0.25) is 0 Å². The molecule has 98 valence electrons. The van der Waals surface area contributed by atoms with Crippen LogP contribution in [-0.2, 0) is 6.54 Å². The number of carboxylic acids is 1. The summed E-state index contributed by atoms with van der Waals surface area (Å²) >= 11 is 0. The van der Waals surface area contributed by atoms with Crippen LogP contribution in [0.3, 0.4) is 0 Å². The molecule has 2 N–H and O–H groups in total. The average molecular weight is 263 g/mol. The van der Waals surface area contributed by atoms with Crippen molar-refractivity contribution < 1.29 is 18.7 Å². The van der Waals surface area contributed by atoms with Crippen LogP contribution in [0.5, 0.6) is 0 Å². The number of hydrogen-bond acceptors (Lipinski definition) is 2. The summed E-state index contributed by atoms with van der Waals surface area (Å²) in [4.78, 5) is 11.0. The predicted octanol–water partition coefficient (Wildman–Crippen LogP) is 3.28. The second-order valence-corrected chi connectivity index (χ2v) is 3.92. The van der Waals surface area contributed by atoms with E-state index in [9.17, 15) is 13.6 Å². The Balaban J connectivity index is 2.19. The van der Waals surface area contributed by atoms with E-state index in [2.05, 4.69) is 5.32 Å². The molecular weight excluding hydrogens is 252 g/mol. The quantitative estimate of drug-likeness (QED) is 0.890. The third-order valence-corrected chi connectivity index (χ3v) is 2.67. The zero-order chi connectivity index (χ0) is 13.8. The lowest BCUT2D eigenvalue weighted by Gasteiger charge is -2.10. The van der Waals surface area contributed by atoms with Crippen molar-refractivity contribution in [3.63, 3.8) is 0 Å². The van der Waals surface area contributed by atoms with Gasteiger partial charge in [-0.2, -0.15) is 0 Å². The topological polar surface area (TPSA) is 49.3 Å². The summed E-state index contributed by atoms with van der Waals surface area (Å²) in [6.07, 6.45) is 0. The number of carboxylic acid groups (broad SMARTS) is 1. The summed E-state index contributed by atoms with van der Waals surface area (Å²) in [7, 11) is 0. The number of aromatic carboxylic acids is 1. The summed E-state index contributed by atoms with van der Waals surface area (Å²) < 4.78 is 26.4. The molecule has 0 fully saturated rings. The van der Waals surface area contributed by atoms with E-state index < -0.39 is 17.6 Å². The highest BCUT2D eigenvalue weighted by Crippen LogP contribution is 2.18. The van der Waals surface area contributed by atoms with E-state index >= 15 is 0 Å². The number of halogens is 2. The van der Waals surface area contributed by atoms with Crippen LogP contribution < -0.4 is 5.32 Å². The summed E-state index contributed by atoms with van der Waals surface area (Å²) in [6.45, 7) is 0.100. The van der Waals surface area contributed by atoms with Gasteiger partial charge in [-0.1, -0.05) is 24.3 Å². The molecule has 0 heterocycles. The number of carbonyl (C=O) groups is 1. The smallest absolute Gasteiger partial charge is 0.336 e. The van der Waals surface area contributed by atoms with Gasteiger partial charge in [-0.15, -0.1) is 0 Å². The fourth-order valence-electron chi connectivity index (χ4n) is 1.71. The Morgan fingerprint density at radius 1 is 1.11 bits per heavy atom. The van der Waals surface area contributed by atoms with Crippen LogP contribution in [0.4, 0.5) is 14.5 Å². The average Bonchev–Trinajstić information content (AvgIpc) is 2.40. The lowest BCUT2D eigenvalue weighted by molar-refractivity contribution is 0.0696. The molecule has 0 saturated heterocycles. The molecule has 5 heteroatoms. The van der Waals surface area contributed by atoms with E-state index in [4.69, 9.17) is 5.11 Å². The molecule has 0 radical (unpaired) electrons. The first-order chi connectivity index (χ1) is 9.09. The molecule has 0 aliphatic rings. The van der Waals surface area contributed by atoms with Gasteiger partial charge in [0.1, 0.15) is 0 Å². The number of nitrogens with one attached hydrogen (secondary N) is 1. The van der Waals surface area contributed by atoms with Crippen molar-refractivity contribution in [1.29, 1.82) is 0 Å². The molecule has 2 aromatic carbocycles. The largest absolute Gasteiger partial charge is 0.478 e. The Hall–Kier alpha value is -2.43. The SMILES string of the molecule is O=C(O)c1ccccc1CNc1cccc(F)c1F. The van der Waals surface area contributed by atoms with E-state index in [1.807, 2.05) is 0 Å². The van der Waals surface area contributed by atoms with Crippen molar-refractivity contribution in [1.82, 2.24) is 0 Å². The van der Waals surface area contributed by atoms with Crippen molar-refractivity contribution >= 4 is 11.7 Å². The second-order valence-electron chi connectivity index (χ2n) is 3.92. The van der Waals surface area contributed by atoms with Gasteiger partial charge >= 0.3 is 5.97 Å². The molecule has 0 amide bonds. The molecule has 0 atom stereocenters. The molecule has 0 saturated carbocycles. The van der Waals surface area contributed by atoms with E-state index in [0.29, 0.717) is 5.56 Å². The van der Waals surface area contributed by atoms with Crippen LogP contribution in [0.25, 0.3) is 0 Å². The van der Waals surface area contributed by atoms with Gasteiger partial charge in [-0.25, -0.2) is 13.6 Å². The zero-order valence-corrected chi connectivity index (χ0v) is 9.86. The maximum Gasteiger partial charge on any atom is 0.336 e. The van der Waals surface area contributed by atoms with Crippen LogP contribution in [0, 0.1) is 11.6 Å². The maximum atomic E-state index is 13.4. The second kappa shape index (κ2) is 5.48. The molecule has 0 spiro atoms. The molecule has 0 bridgehead atoms. The Morgan fingerprint density at radius 3 is 2.58 bits per heavy atom. The fraction of sp³-hybridized carbons (Fsp3) is 0.0714. The van der Waals surface area contributed by atoms with Crippen LogP contribution in [0.1, 0.15) is 15.9 Å². The first-order valence-corrected chi connectivity index (χ1v) is 5.58. The first-order valence-electron chi connectivity index (χ1n) is 5.58. The Bertz CT molecular complexity index is 614. The normalized spacial score (nSPS) is 10.2. The van der Waals surface area contributed by atoms with Crippen molar-refractivity contribution in [3.8, 4) is 0 Å². The number of rotatable bonds is 4. The van der Waals surface area contributed by atoms with E-state index in [1.54, 1.807) is 18.2 Å². The number of benzene rings is 2. The number of hydrogen-bond donors (Lipinski definition) is 2. The van der Waals surface area contributed by atoms with Gasteiger partial charge in [0, 0.05) is 6.54 Å². The maximum absolute atomic E-state index is 13.4. The summed E-state index contributed by atoms with van der Waals surface area (Å²) in [5.74, 6) is -2.98. The van der Waals surface area contributed by atoms with Crippen molar-refractivity contribution in [2.75, 3.05) is 5.32 Å². The zero-order valence-electron chi connectivity index (χ0n) is 9.86. The van der Waals surface area contributed by atoms with Gasteiger partial charge in [-0.05, 0) is 23.8 Å². The highest BCUT2D eigenvalue weighted by molar-refractivity contribution is 5.89. The van der Waals surface area contributed by atoms with Gasteiger partial charge < -0.3 is 10.4 Å². The highest BCUT2D eigenvalue weighted by Gasteiger charge is 2.11. The molecular formula is C14H11F2NO2. The fourth-order valence-corrected chi connectivity index (χ4v) is 1.71. The summed E-state index contributed by atoms with van der Waals surface area (Å²) in [5.41, 5.74) is 0.630. The van der Waals surface area contributed by atoms with E-state index in [1.165, 1.54) is 18.2 Å². The third-order valence-electron chi connectivity index (χ3n) is 2.67. The van der Waals surface area contributed by atoms with Crippen LogP contribution >= 0.6 is 0 Å². The molecule has 0 unspecified atom stereocenters. The van der Waals surface area contributed by atoms with E-state index in [-0.39, 0.29) is 17.8 Å². The predicted molar refractivity (Wildman–Crippen MR) is 67.1 cm³/mol. The van der Waals surface area contributed by atoms with Crippen LogP contribution in [-0.4, -0.2) is 11.1 Å². The van der Waals surface area contributed by atoms with Crippen molar-refractivity contribution in [3.05, 3.63) is 65.2 Å². The summed E-state index contributed by atoms with van der Waals surface area (Å²) in [5, 5.41) is 11.7. The Morgan fingerprint density at radius 2 is 1.84 bits per heavy atom. The highest BCUT2D eigenvalue weighted by atomic mass is 19.2. The minimum absolute atomic E-state index is 0.000178. The molecule has 3 nitrogen and oxygen atoms in total. The lowest BCUT2D eigenvalue weighted by Crippen LogP contribution is -2.08. The molecule has 0 aliphatic carbocycles.